The van der Waals surface area contributed by atoms with Crippen molar-refractivity contribution < 1.29 is 18.6 Å². The fourth-order valence-corrected chi connectivity index (χ4v) is 4.83. The van der Waals surface area contributed by atoms with Crippen LogP contribution in [0.15, 0.2) is 91.0 Å². The maximum absolute atomic E-state index is 16.0. The Balaban J connectivity index is 1.60. The summed E-state index contributed by atoms with van der Waals surface area (Å²) in [6.07, 6.45) is -0.222. The molecule has 1 aromatic heterocycles. The first kappa shape index (κ1) is 29.6. The van der Waals surface area contributed by atoms with Gasteiger partial charge < -0.3 is 24.8 Å². The molecule has 9 heteroatoms. The molecule has 0 unspecified atom stereocenters. The van der Waals surface area contributed by atoms with E-state index in [2.05, 4.69) is 0 Å². The van der Waals surface area contributed by atoms with Crippen molar-refractivity contribution in [1.82, 2.24) is 9.55 Å². The molecule has 43 heavy (non-hydrogen) atoms. The topological polar surface area (TPSA) is 98.6 Å². The van der Waals surface area contributed by atoms with Gasteiger partial charge in [-0.3, -0.25) is 9.98 Å². The SMILES string of the molecule is CCOc1cc(CN(c2ccc(C(=N)N)cc2)c2nc3ccccc3n2COCc2ccccc2)c(F)c(OC(C)C)c1. The highest BCUT2D eigenvalue weighted by Crippen LogP contribution is 2.35. The average Bonchev–Trinajstić information content (AvgIpc) is 3.36. The van der Waals surface area contributed by atoms with Crippen LogP contribution in [0.5, 0.6) is 11.5 Å². The molecule has 0 fully saturated rings. The molecule has 0 saturated carbocycles. The second-order valence-electron chi connectivity index (χ2n) is 10.3. The smallest absolute Gasteiger partial charge is 0.213 e. The zero-order valence-corrected chi connectivity index (χ0v) is 24.6. The number of nitrogens with two attached hydrogens (primary N) is 1. The lowest BCUT2D eigenvalue weighted by atomic mass is 10.1. The van der Waals surface area contributed by atoms with Crippen molar-refractivity contribution in [2.24, 2.45) is 5.73 Å². The van der Waals surface area contributed by atoms with E-state index in [4.69, 9.17) is 30.3 Å². The van der Waals surface area contributed by atoms with Crippen molar-refractivity contribution in [3.05, 3.63) is 114 Å². The molecule has 0 amide bonds. The highest BCUT2D eigenvalue weighted by Gasteiger charge is 2.23. The summed E-state index contributed by atoms with van der Waals surface area (Å²) in [5.41, 5.74) is 10.1. The van der Waals surface area contributed by atoms with E-state index in [1.54, 1.807) is 24.3 Å². The number of halogens is 1. The number of hydrogen-bond donors (Lipinski definition) is 2. The van der Waals surface area contributed by atoms with Crippen LogP contribution in [0.3, 0.4) is 0 Å². The summed E-state index contributed by atoms with van der Waals surface area (Å²) in [5, 5.41) is 7.84. The molecule has 4 aromatic carbocycles. The average molecular weight is 582 g/mol. The molecule has 0 spiro atoms. The molecular formula is C34H36FN5O3. The second-order valence-corrected chi connectivity index (χ2v) is 10.3. The fourth-order valence-electron chi connectivity index (χ4n) is 4.83. The van der Waals surface area contributed by atoms with Crippen molar-refractivity contribution in [2.75, 3.05) is 11.5 Å². The van der Waals surface area contributed by atoms with Gasteiger partial charge in [0.15, 0.2) is 11.6 Å². The van der Waals surface area contributed by atoms with Crippen molar-refractivity contribution >= 4 is 28.5 Å². The van der Waals surface area contributed by atoms with Gasteiger partial charge in [0, 0.05) is 22.9 Å². The first-order valence-corrected chi connectivity index (χ1v) is 14.2. The minimum absolute atomic E-state index is 0.0365. The summed E-state index contributed by atoms with van der Waals surface area (Å²) in [4.78, 5) is 6.90. The Morgan fingerprint density at radius 3 is 2.42 bits per heavy atom. The van der Waals surface area contributed by atoms with Gasteiger partial charge in [-0.05, 0) is 68.8 Å². The summed E-state index contributed by atoms with van der Waals surface area (Å²) in [6, 6.07) is 28.3. The highest BCUT2D eigenvalue weighted by molar-refractivity contribution is 5.95. The standard InChI is InChI=1S/C34H36FN5O3/c1-4-42-28-18-26(32(35)31(19-28)43-23(2)3)20-39(27-16-14-25(15-17-27)33(36)37)34-38-29-12-8-9-13-30(29)40(34)22-41-21-24-10-6-5-7-11-24/h5-19,23H,4,20-22H2,1-3H3,(H3,36,37). The molecule has 0 aliphatic rings. The molecule has 0 aliphatic carbocycles. The van der Waals surface area contributed by atoms with Crippen LogP contribution in [0, 0.1) is 11.2 Å². The zero-order valence-electron chi connectivity index (χ0n) is 24.6. The minimum atomic E-state index is -0.467. The van der Waals surface area contributed by atoms with Crippen molar-refractivity contribution in [2.45, 2.75) is 46.8 Å². The number of para-hydroxylation sites is 2. The van der Waals surface area contributed by atoms with Gasteiger partial charge in [0.2, 0.25) is 5.95 Å². The minimum Gasteiger partial charge on any atom is -0.494 e. The summed E-state index contributed by atoms with van der Waals surface area (Å²) >= 11 is 0. The predicted octanol–water partition coefficient (Wildman–Crippen LogP) is 7.16. The van der Waals surface area contributed by atoms with Gasteiger partial charge in [-0.2, -0.15) is 0 Å². The van der Waals surface area contributed by atoms with Crippen LogP contribution in [-0.4, -0.2) is 28.1 Å². The molecule has 8 nitrogen and oxygen atoms in total. The van der Waals surface area contributed by atoms with Crippen molar-refractivity contribution in [3.8, 4) is 11.5 Å². The molecule has 0 atom stereocenters. The molecule has 5 rings (SSSR count). The van der Waals surface area contributed by atoms with Gasteiger partial charge in [0.1, 0.15) is 18.3 Å². The van der Waals surface area contributed by atoms with E-state index in [0.717, 1.165) is 22.3 Å². The number of ether oxygens (including phenoxy) is 3. The van der Waals surface area contributed by atoms with E-state index in [0.29, 0.717) is 36.0 Å². The first-order chi connectivity index (χ1) is 20.8. The van der Waals surface area contributed by atoms with Crippen LogP contribution in [0.4, 0.5) is 16.0 Å². The molecular weight excluding hydrogens is 545 g/mol. The fraction of sp³-hybridized carbons (Fsp3) is 0.235. The van der Waals surface area contributed by atoms with Crippen LogP contribution < -0.4 is 20.1 Å². The number of imidazole rings is 1. The van der Waals surface area contributed by atoms with Crippen LogP contribution >= 0.6 is 0 Å². The normalized spacial score (nSPS) is 11.2. The first-order valence-electron chi connectivity index (χ1n) is 14.2. The summed E-state index contributed by atoms with van der Waals surface area (Å²) in [5.74, 6) is 0.706. The van der Waals surface area contributed by atoms with Crippen LogP contribution in [-0.2, 0) is 24.6 Å². The molecule has 0 bridgehead atoms. The monoisotopic (exact) mass is 581 g/mol. The Hall–Kier alpha value is -4.89. The number of fused-ring (bicyclic) bond motifs is 1. The molecule has 1 heterocycles. The third-order valence-corrected chi connectivity index (χ3v) is 6.79. The van der Waals surface area contributed by atoms with E-state index in [-0.39, 0.29) is 31.0 Å². The number of nitrogen functional groups attached to an aromatic ring is 1. The van der Waals surface area contributed by atoms with Crippen LogP contribution in [0.2, 0.25) is 0 Å². The summed E-state index contributed by atoms with van der Waals surface area (Å²) in [7, 11) is 0. The van der Waals surface area contributed by atoms with E-state index in [1.807, 2.05) is 97.0 Å². The maximum atomic E-state index is 16.0. The lowest BCUT2D eigenvalue weighted by molar-refractivity contribution is 0.0673. The molecule has 0 aliphatic heterocycles. The van der Waals surface area contributed by atoms with Crippen molar-refractivity contribution in [1.29, 1.82) is 5.41 Å². The zero-order chi connectivity index (χ0) is 30.3. The maximum Gasteiger partial charge on any atom is 0.213 e. The Morgan fingerprint density at radius 1 is 1.00 bits per heavy atom. The van der Waals surface area contributed by atoms with Gasteiger partial charge >= 0.3 is 0 Å². The van der Waals surface area contributed by atoms with Crippen LogP contribution in [0.25, 0.3) is 11.0 Å². The molecule has 5 aromatic rings. The third kappa shape index (κ3) is 6.95. The number of aromatic nitrogens is 2. The number of nitrogens with one attached hydrogen (secondary N) is 1. The van der Waals surface area contributed by atoms with E-state index in [1.165, 1.54) is 0 Å². The van der Waals surface area contributed by atoms with E-state index < -0.39 is 5.82 Å². The Labute approximate surface area is 250 Å². The lowest BCUT2D eigenvalue weighted by Crippen LogP contribution is -2.23. The number of hydrogen-bond acceptors (Lipinski definition) is 6. The second kappa shape index (κ2) is 13.4. The van der Waals surface area contributed by atoms with Crippen molar-refractivity contribution in [3.63, 3.8) is 0 Å². The van der Waals surface area contributed by atoms with Gasteiger partial charge in [0.05, 0.1) is 36.9 Å². The van der Waals surface area contributed by atoms with Gasteiger partial charge in [-0.25, -0.2) is 9.37 Å². The van der Waals surface area contributed by atoms with Gasteiger partial charge in [0.25, 0.3) is 0 Å². The Bertz CT molecular complexity index is 1690. The number of nitrogens with zero attached hydrogens (tertiary/aromatic N) is 3. The van der Waals surface area contributed by atoms with E-state index in [9.17, 15) is 0 Å². The van der Waals surface area contributed by atoms with Gasteiger partial charge in [-0.1, -0.05) is 42.5 Å². The number of anilines is 2. The number of rotatable bonds is 13. The quantitative estimate of drug-likeness (QED) is 0.113. The van der Waals surface area contributed by atoms with E-state index >= 15 is 4.39 Å². The Morgan fingerprint density at radius 2 is 1.72 bits per heavy atom. The lowest BCUT2D eigenvalue weighted by Gasteiger charge is -2.26. The molecule has 0 radical (unpaired) electrons. The molecule has 0 saturated heterocycles. The largest absolute Gasteiger partial charge is 0.494 e. The van der Waals surface area contributed by atoms with Gasteiger partial charge in [-0.15, -0.1) is 0 Å². The Kier molecular flexibility index (Phi) is 9.22. The third-order valence-electron chi connectivity index (χ3n) is 6.79. The molecule has 3 N–H and O–H groups in total. The molecule has 222 valence electrons. The summed E-state index contributed by atoms with van der Waals surface area (Å²) in [6.45, 7) is 6.77. The predicted molar refractivity (Wildman–Crippen MR) is 168 cm³/mol. The highest BCUT2D eigenvalue weighted by atomic mass is 19.1. The van der Waals surface area contributed by atoms with Crippen LogP contribution in [0.1, 0.15) is 37.5 Å². The number of amidine groups is 1. The summed E-state index contributed by atoms with van der Waals surface area (Å²) < 4.78 is 35.8. The number of benzene rings is 4.